The van der Waals surface area contributed by atoms with Gasteiger partial charge in [-0.15, -0.1) is 0 Å². The molecule has 2 rings (SSSR count). The molecule has 7 heteroatoms. The van der Waals surface area contributed by atoms with Crippen LogP contribution < -0.4 is 10.5 Å². The minimum Gasteiger partial charge on any atom is -0.376 e. The maximum Gasteiger partial charge on any atom is 0.251 e. The molecule has 1 aliphatic heterocycles. The lowest BCUT2D eigenvalue weighted by atomic mass is 10.1. The van der Waals surface area contributed by atoms with Gasteiger partial charge in [0.05, 0.1) is 11.0 Å². The molecule has 1 aromatic rings. The zero-order valence-corrected chi connectivity index (χ0v) is 12.8. The van der Waals surface area contributed by atoms with Crippen LogP contribution in [0.5, 0.6) is 0 Å². The fourth-order valence-electron chi connectivity index (χ4n) is 2.32. The number of hydrogen-bond acceptors (Lipinski definition) is 4. The van der Waals surface area contributed by atoms with Crippen LogP contribution >= 0.6 is 0 Å². The van der Waals surface area contributed by atoms with Crippen LogP contribution in [0.4, 0.5) is 0 Å². The zero-order chi connectivity index (χ0) is 15.5. The van der Waals surface area contributed by atoms with E-state index in [4.69, 9.17) is 9.88 Å². The molecular weight excluding hydrogens is 292 g/mol. The molecule has 21 heavy (non-hydrogen) atoms. The summed E-state index contributed by atoms with van der Waals surface area (Å²) >= 11 is 0. The Morgan fingerprint density at radius 1 is 1.43 bits per heavy atom. The SMILES string of the molecule is Cc1ccc(C(=O)NCC2CCCCO2)cc1S(N)(=O)=O. The highest BCUT2D eigenvalue weighted by Gasteiger charge is 2.17. The van der Waals surface area contributed by atoms with Crippen LogP contribution in [0.2, 0.25) is 0 Å². The van der Waals surface area contributed by atoms with Crippen LogP contribution in [0.15, 0.2) is 23.1 Å². The fraction of sp³-hybridized carbons (Fsp3) is 0.500. The van der Waals surface area contributed by atoms with Crippen molar-refractivity contribution in [3.05, 3.63) is 29.3 Å². The minimum atomic E-state index is -3.83. The third-order valence-corrected chi connectivity index (χ3v) is 4.57. The molecule has 116 valence electrons. The lowest BCUT2D eigenvalue weighted by molar-refractivity contribution is 0.0169. The van der Waals surface area contributed by atoms with E-state index >= 15 is 0 Å². The van der Waals surface area contributed by atoms with Gasteiger partial charge < -0.3 is 10.1 Å². The molecular formula is C14H20N2O4S. The maximum absolute atomic E-state index is 12.1. The Morgan fingerprint density at radius 2 is 2.19 bits per heavy atom. The van der Waals surface area contributed by atoms with Crippen LogP contribution in [0, 0.1) is 6.92 Å². The highest BCUT2D eigenvalue weighted by Crippen LogP contribution is 2.16. The monoisotopic (exact) mass is 312 g/mol. The standard InChI is InChI=1S/C14H20N2O4S/c1-10-5-6-11(8-13(10)21(15,18)19)14(17)16-9-12-4-2-3-7-20-12/h5-6,8,12H,2-4,7,9H2,1H3,(H,16,17)(H2,15,18,19). The van der Waals surface area contributed by atoms with Crippen LogP contribution in [-0.2, 0) is 14.8 Å². The van der Waals surface area contributed by atoms with Gasteiger partial charge >= 0.3 is 0 Å². The molecule has 0 radical (unpaired) electrons. The number of benzene rings is 1. The second-order valence-electron chi connectivity index (χ2n) is 5.22. The summed E-state index contributed by atoms with van der Waals surface area (Å²) in [6.07, 6.45) is 3.11. The van der Waals surface area contributed by atoms with Gasteiger partial charge in [0, 0.05) is 18.7 Å². The Balaban J connectivity index is 2.05. The van der Waals surface area contributed by atoms with Gasteiger partial charge in [0.25, 0.3) is 5.91 Å². The summed E-state index contributed by atoms with van der Waals surface area (Å²) in [6.45, 7) is 2.79. The Kier molecular flexibility index (Phi) is 4.97. The molecule has 1 heterocycles. The van der Waals surface area contributed by atoms with E-state index in [0.717, 1.165) is 25.9 Å². The van der Waals surface area contributed by atoms with Crippen molar-refractivity contribution in [3.8, 4) is 0 Å². The van der Waals surface area contributed by atoms with E-state index in [2.05, 4.69) is 5.32 Å². The van der Waals surface area contributed by atoms with E-state index in [1.807, 2.05) is 0 Å². The smallest absolute Gasteiger partial charge is 0.251 e. The van der Waals surface area contributed by atoms with E-state index in [0.29, 0.717) is 12.1 Å². The lowest BCUT2D eigenvalue weighted by Gasteiger charge is -2.22. The molecule has 1 unspecified atom stereocenters. The van der Waals surface area contributed by atoms with Crippen molar-refractivity contribution in [3.63, 3.8) is 0 Å². The molecule has 1 atom stereocenters. The predicted octanol–water partition coefficient (Wildman–Crippen LogP) is 0.941. The highest BCUT2D eigenvalue weighted by molar-refractivity contribution is 7.89. The predicted molar refractivity (Wildman–Crippen MR) is 78.5 cm³/mol. The van der Waals surface area contributed by atoms with Crippen LogP contribution in [-0.4, -0.2) is 33.6 Å². The molecule has 0 aliphatic carbocycles. The second-order valence-corrected chi connectivity index (χ2v) is 6.75. The van der Waals surface area contributed by atoms with Crippen LogP contribution in [0.1, 0.15) is 35.2 Å². The molecule has 1 amide bonds. The van der Waals surface area contributed by atoms with Gasteiger partial charge in [-0.1, -0.05) is 6.07 Å². The van der Waals surface area contributed by atoms with Crippen molar-refractivity contribution in [1.29, 1.82) is 0 Å². The molecule has 1 saturated heterocycles. The summed E-state index contributed by atoms with van der Waals surface area (Å²) in [6, 6.07) is 4.47. The summed E-state index contributed by atoms with van der Waals surface area (Å²) in [5.41, 5.74) is 0.796. The van der Waals surface area contributed by atoms with Crippen LogP contribution in [0.25, 0.3) is 0 Å². The number of carbonyl (C=O) groups excluding carboxylic acids is 1. The third-order valence-electron chi connectivity index (χ3n) is 3.52. The number of carbonyl (C=O) groups is 1. The van der Waals surface area contributed by atoms with E-state index < -0.39 is 10.0 Å². The molecule has 1 fully saturated rings. The number of amides is 1. The average molecular weight is 312 g/mol. The van der Waals surface area contributed by atoms with Gasteiger partial charge in [-0.05, 0) is 43.9 Å². The number of aryl methyl sites for hydroxylation is 1. The average Bonchev–Trinajstić information content (AvgIpc) is 2.45. The first-order chi connectivity index (χ1) is 9.88. The number of primary sulfonamides is 1. The van der Waals surface area contributed by atoms with Gasteiger partial charge in [0.1, 0.15) is 0 Å². The summed E-state index contributed by atoms with van der Waals surface area (Å²) < 4.78 is 28.5. The Hall–Kier alpha value is -1.44. The number of nitrogens with two attached hydrogens (primary N) is 1. The van der Waals surface area contributed by atoms with Crippen molar-refractivity contribution in [2.45, 2.75) is 37.2 Å². The van der Waals surface area contributed by atoms with Gasteiger partial charge in [0.15, 0.2) is 0 Å². The molecule has 3 N–H and O–H groups in total. The van der Waals surface area contributed by atoms with E-state index in [1.54, 1.807) is 19.1 Å². The highest BCUT2D eigenvalue weighted by atomic mass is 32.2. The Bertz CT molecular complexity index is 622. The largest absolute Gasteiger partial charge is 0.376 e. The normalized spacial score (nSPS) is 19.2. The van der Waals surface area contributed by atoms with Gasteiger partial charge in [-0.3, -0.25) is 4.79 Å². The summed E-state index contributed by atoms with van der Waals surface area (Å²) in [7, 11) is -3.83. The number of sulfonamides is 1. The van der Waals surface area contributed by atoms with Gasteiger partial charge in [-0.25, -0.2) is 13.6 Å². The molecule has 1 aliphatic rings. The lowest BCUT2D eigenvalue weighted by Crippen LogP contribution is -2.35. The van der Waals surface area contributed by atoms with Gasteiger partial charge in [0.2, 0.25) is 10.0 Å². The first-order valence-electron chi connectivity index (χ1n) is 6.91. The summed E-state index contributed by atoms with van der Waals surface area (Å²) in [5.74, 6) is -0.325. The van der Waals surface area contributed by atoms with E-state index in [9.17, 15) is 13.2 Å². The van der Waals surface area contributed by atoms with Crippen LogP contribution in [0.3, 0.4) is 0 Å². The zero-order valence-electron chi connectivity index (χ0n) is 12.0. The topological polar surface area (TPSA) is 98.5 Å². The summed E-state index contributed by atoms with van der Waals surface area (Å²) in [4.78, 5) is 12.1. The van der Waals surface area contributed by atoms with E-state index in [1.165, 1.54) is 6.07 Å². The van der Waals surface area contributed by atoms with Crippen molar-refractivity contribution in [1.82, 2.24) is 5.32 Å². The molecule has 0 bridgehead atoms. The third kappa shape index (κ3) is 4.26. The summed E-state index contributed by atoms with van der Waals surface area (Å²) in [5, 5.41) is 7.91. The number of nitrogens with one attached hydrogen (secondary N) is 1. The Labute approximate surface area is 124 Å². The van der Waals surface area contributed by atoms with Crippen molar-refractivity contribution >= 4 is 15.9 Å². The molecule has 1 aromatic carbocycles. The molecule has 0 saturated carbocycles. The minimum absolute atomic E-state index is 0.0240. The van der Waals surface area contributed by atoms with Crippen molar-refractivity contribution < 1.29 is 17.9 Å². The molecule has 0 aromatic heterocycles. The molecule has 0 spiro atoms. The first-order valence-corrected chi connectivity index (χ1v) is 8.46. The first kappa shape index (κ1) is 15.9. The fourth-order valence-corrected chi connectivity index (χ4v) is 3.13. The van der Waals surface area contributed by atoms with Crippen molar-refractivity contribution in [2.75, 3.05) is 13.2 Å². The number of hydrogen-bond donors (Lipinski definition) is 2. The Morgan fingerprint density at radius 3 is 2.81 bits per heavy atom. The molecule has 6 nitrogen and oxygen atoms in total. The second kappa shape index (κ2) is 6.55. The van der Waals surface area contributed by atoms with Crippen molar-refractivity contribution in [2.24, 2.45) is 5.14 Å². The maximum atomic E-state index is 12.1. The number of ether oxygens (including phenoxy) is 1. The van der Waals surface area contributed by atoms with Gasteiger partial charge in [-0.2, -0.15) is 0 Å². The number of rotatable bonds is 4. The van der Waals surface area contributed by atoms with E-state index in [-0.39, 0.29) is 22.5 Å². The quantitative estimate of drug-likeness (QED) is 0.864.